The molecule has 0 saturated carbocycles. The van der Waals surface area contributed by atoms with Gasteiger partial charge in [0.2, 0.25) is 5.91 Å². The standard InChI is InChI=1S/C14H16Cl2N2O3/c1-2-18-5-6-21-14(20)12(18)8-13(19)17-9-3-4-10(15)11(16)7-9/h3-4,7,12H,2,5-6,8H2,1H3,(H,17,19)/t12-/m0/s1. The highest BCUT2D eigenvalue weighted by molar-refractivity contribution is 6.42. The van der Waals surface area contributed by atoms with Gasteiger partial charge < -0.3 is 10.1 Å². The lowest BCUT2D eigenvalue weighted by molar-refractivity contribution is -0.158. The normalized spacial score (nSPS) is 19.2. The van der Waals surface area contributed by atoms with Crippen molar-refractivity contribution in [1.29, 1.82) is 0 Å². The van der Waals surface area contributed by atoms with Crippen LogP contribution >= 0.6 is 23.2 Å². The van der Waals surface area contributed by atoms with E-state index in [2.05, 4.69) is 5.32 Å². The molecule has 7 heteroatoms. The Kier molecular flexibility index (Phi) is 5.45. The van der Waals surface area contributed by atoms with E-state index in [0.29, 0.717) is 35.4 Å². The lowest BCUT2D eigenvalue weighted by Gasteiger charge is -2.32. The van der Waals surface area contributed by atoms with Crippen LogP contribution < -0.4 is 5.32 Å². The summed E-state index contributed by atoms with van der Waals surface area (Å²) in [5.41, 5.74) is 0.543. The molecule has 0 aromatic heterocycles. The number of rotatable bonds is 4. The highest BCUT2D eigenvalue weighted by Gasteiger charge is 2.32. The molecule has 1 atom stereocenters. The van der Waals surface area contributed by atoms with Gasteiger partial charge in [0, 0.05) is 12.2 Å². The Hall–Kier alpha value is -1.30. The topological polar surface area (TPSA) is 58.6 Å². The van der Waals surface area contributed by atoms with Gasteiger partial charge in [-0.05, 0) is 24.7 Å². The average Bonchev–Trinajstić information content (AvgIpc) is 2.45. The summed E-state index contributed by atoms with van der Waals surface area (Å²) in [5.74, 6) is -0.622. The van der Waals surface area contributed by atoms with Crippen molar-refractivity contribution in [3.63, 3.8) is 0 Å². The molecule has 1 aliphatic heterocycles. The maximum Gasteiger partial charge on any atom is 0.323 e. The van der Waals surface area contributed by atoms with Gasteiger partial charge in [0.25, 0.3) is 0 Å². The van der Waals surface area contributed by atoms with Crippen molar-refractivity contribution in [2.24, 2.45) is 0 Å². The molecule has 1 fully saturated rings. The van der Waals surface area contributed by atoms with Crippen LogP contribution in [0.1, 0.15) is 13.3 Å². The molecule has 5 nitrogen and oxygen atoms in total. The Morgan fingerprint density at radius 3 is 2.86 bits per heavy atom. The van der Waals surface area contributed by atoms with E-state index in [4.69, 9.17) is 27.9 Å². The van der Waals surface area contributed by atoms with E-state index in [1.165, 1.54) is 0 Å². The highest BCUT2D eigenvalue weighted by atomic mass is 35.5. The lowest BCUT2D eigenvalue weighted by Crippen LogP contribution is -2.50. The lowest BCUT2D eigenvalue weighted by atomic mass is 10.1. The van der Waals surface area contributed by atoms with Crippen LogP contribution in [0.2, 0.25) is 10.0 Å². The first-order chi connectivity index (χ1) is 10.0. The predicted octanol–water partition coefficient (Wildman–Crippen LogP) is 2.57. The number of likely N-dealkylation sites (N-methyl/N-ethyl adjacent to an activating group) is 1. The fourth-order valence-electron chi connectivity index (χ4n) is 2.22. The van der Waals surface area contributed by atoms with Gasteiger partial charge in [-0.1, -0.05) is 30.1 Å². The maximum absolute atomic E-state index is 12.1. The number of hydrogen-bond donors (Lipinski definition) is 1. The summed E-state index contributed by atoms with van der Waals surface area (Å²) < 4.78 is 5.01. The molecule has 1 aromatic carbocycles. The number of nitrogens with one attached hydrogen (secondary N) is 1. The number of esters is 1. The van der Waals surface area contributed by atoms with E-state index in [9.17, 15) is 9.59 Å². The molecule has 2 rings (SSSR count). The first-order valence-electron chi connectivity index (χ1n) is 6.67. The van der Waals surface area contributed by atoms with Crippen LogP contribution in [0, 0.1) is 0 Å². The minimum atomic E-state index is -0.536. The van der Waals surface area contributed by atoms with Gasteiger partial charge in [0.05, 0.1) is 16.5 Å². The predicted molar refractivity (Wildman–Crippen MR) is 81.7 cm³/mol. The molecule has 0 unspecified atom stereocenters. The van der Waals surface area contributed by atoms with E-state index < -0.39 is 6.04 Å². The van der Waals surface area contributed by atoms with Crippen LogP contribution in [0.15, 0.2) is 18.2 Å². The molecule has 21 heavy (non-hydrogen) atoms. The first-order valence-corrected chi connectivity index (χ1v) is 7.42. The van der Waals surface area contributed by atoms with Gasteiger partial charge in [0.15, 0.2) is 0 Å². The highest BCUT2D eigenvalue weighted by Crippen LogP contribution is 2.25. The zero-order valence-electron chi connectivity index (χ0n) is 11.6. The van der Waals surface area contributed by atoms with Crippen LogP contribution in [0.4, 0.5) is 5.69 Å². The van der Waals surface area contributed by atoms with Crippen LogP contribution in [-0.2, 0) is 14.3 Å². The monoisotopic (exact) mass is 330 g/mol. The summed E-state index contributed by atoms with van der Waals surface area (Å²) in [6.07, 6.45) is 0.0485. The van der Waals surface area contributed by atoms with E-state index in [1.807, 2.05) is 11.8 Å². The molecule has 0 bridgehead atoms. The largest absolute Gasteiger partial charge is 0.463 e. The summed E-state index contributed by atoms with van der Waals surface area (Å²) >= 11 is 11.7. The third-order valence-electron chi connectivity index (χ3n) is 3.32. The van der Waals surface area contributed by atoms with Gasteiger partial charge in [-0.15, -0.1) is 0 Å². The Bertz CT molecular complexity index is 551. The number of nitrogens with zero attached hydrogens (tertiary/aromatic N) is 1. The molecule has 1 saturated heterocycles. The van der Waals surface area contributed by atoms with Gasteiger partial charge in [-0.25, -0.2) is 0 Å². The van der Waals surface area contributed by atoms with E-state index in [-0.39, 0.29) is 18.3 Å². The smallest absolute Gasteiger partial charge is 0.323 e. The fraction of sp³-hybridized carbons (Fsp3) is 0.429. The summed E-state index contributed by atoms with van der Waals surface area (Å²) in [7, 11) is 0. The Morgan fingerprint density at radius 2 is 2.19 bits per heavy atom. The van der Waals surface area contributed by atoms with Crippen LogP contribution in [0.25, 0.3) is 0 Å². The van der Waals surface area contributed by atoms with E-state index in [1.54, 1.807) is 18.2 Å². The zero-order valence-corrected chi connectivity index (χ0v) is 13.1. The molecule has 0 radical (unpaired) electrons. The Labute approximate surface area is 133 Å². The number of carbonyl (C=O) groups excluding carboxylic acids is 2. The van der Waals surface area contributed by atoms with Gasteiger partial charge >= 0.3 is 5.97 Å². The van der Waals surface area contributed by atoms with Crippen molar-refractivity contribution in [2.45, 2.75) is 19.4 Å². The summed E-state index contributed by atoms with van der Waals surface area (Å²) in [4.78, 5) is 25.8. The SMILES string of the molecule is CCN1CCOC(=O)[C@@H]1CC(=O)Nc1ccc(Cl)c(Cl)c1. The molecule has 0 aliphatic carbocycles. The molecule has 114 valence electrons. The summed E-state index contributed by atoms with van der Waals surface area (Å²) in [5, 5.41) is 3.49. The minimum absolute atomic E-state index is 0.0485. The van der Waals surface area contributed by atoms with Crippen molar-refractivity contribution in [1.82, 2.24) is 4.90 Å². The minimum Gasteiger partial charge on any atom is -0.463 e. The molecule has 1 aliphatic rings. The number of anilines is 1. The number of morpholine rings is 1. The van der Waals surface area contributed by atoms with Crippen LogP contribution in [-0.4, -0.2) is 42.5 Å². The Morgan fingerprint density at radius 1 is 1.43 bits per heavy atom. The molecule has 1 amide bonds. The second-order valence-corrected chi connectivity index (χ2v) is 5.51. The molecular formula is C14H16Cl2N2O3. The van der Waals surface area contributed by atoms with Crippen molar-refractivity contribution in [3.05, 3.63) is 28.2 Å². The van der Waals surface area contributed by atoms with Gasteiger partial charge in [-0.2, -0.15) is 0 Å². The Balaban J connectivity index is 1.99. The van der Waals surface area contributed by atoms with Crippen molar-refractivity contribution < 1.29 is 14.3 Å². The molecule has 1 heterocycles. The quantitative estimate of drug-likeness (QED) is 0.862. The number of benzene rings is 1. The van der Waals surface area contributed by atoms with Crippen molar-refractivity contribution in [2.75, 3.05) is 25.0 Å². The third-order valence-corrected chi connectivity index (χ3v) is 4.06. The van der Waals surface area contributed by atoms with Crippen molar-refractivity contribution >= 4 is 40.8 Å². The fourth-order valence-corrected chi connectivity index (χ4v) is 2.52. The molecular weight excluding hydrogens is 315 g/mol. The average molecular weight is 331 g/mol. The molecule has 1 N–H and O–H groups in total. The third kappa shape index (κ3) is 4.09. The van der Waals surface area contributed by atoms with Gasteiger partial charge in [0.1, 0.15) is 12.6 Å². The van der Waals surface area contributed by atoms with E-state index >= 15 is 0 Å². The molecule has 0 spiro atoms. The maximum atomic E-state index is 12.1. The number of hydrogen-bond acceptors (Lipinski definition) is 4. The summed E-state index contributed by atoms with van der Waals surface area (Å²) in [6, 6.07) is 4.29. The number of carbonyl (C=O) groups is 2. The van der Waals surface area contributed by atoms with Crippen LogP contribution in [0.5, 0.6) is 0 Å². The molecule has 1 aromatic rings. The first kappa shape index (κ1) is 16.1. The zero-order chi connectivity index (χ0) is 15.4. The van der Waals surface area contributed by atoms with E-state index in [0.717, 1.165) is 0 Å². The summed E-state index contributed by atoms with van der Waals surface area (Å²) in [6.45, 7) is 3.66. The number of halogens is 2. The number of cyclic esters (lactones) is 1. The number of ether oxygens (including phenoxy) is 1. The number of amides is 1. The van der Waals surface area contributed by atoms with Gasteiger partial charge in [-0.3, -0.25) is 14.5 Å². The second kappa shape index (κ2) is 7.11. The second-order valence-electron chi connectivity index (χ2n) is 4.69. The van der Waals surface area contributed by atoms with Crippen molar-refractivity contribution in [3.8, 4) is 0 Å². The van der Waals surface area contributed by atoms with Crippen LogP contribution in [0.3, 0.4) is 0 Å².